The lowest BCUT2D eigenvalue weighted by Crippen LogP contribution is -2.28. The number of aromatic nitrogens is 1. The van der Waals surface area contributed by atoms with Gasteiger partial charge in [-0.1, -0.05) is 19.9 Å². The fourth-order valence-electron chi connectivity index (χ4n) is 3.14. The van der Waals surface area contributed by atoms with E-state index in [0.717, 1.165) is 0 Å². The van der Waals surface area contributed by atoms with Crippen molar-refractivity contribution in [3.63, 3.8) is 0 Å². The van der Waals surface area contributed by atoms with E-state index >= 15 is 0 Å². The molecular formula is C19H20N2O4. The third-order valence-corrected chi connectivity index (χ3v) is 4.74. The molecule has 1 aromatic heterocycles. The molecular weight excluding hydrogens is 320 g/mol. The lowest BCUT2D eigenvalue weighted by Gasteiger charge is -2.16. The van der Waals surface area contributed by atoms with Crippen LogP contribution in [0.2, 0.25) is 0 Å². The van der Waals surface area contributed by atoms with Gasteiger partial charge in [-0.05, 0) is 36.6 Å². The second-order valence-corrected chi connectivity index (χ2v) is 6.56. The Hall–Kier alpha value is -2.89. The number of nitrogens with one attached hydrogen (secondary N) is 1. The number of nitrogens with zero attached hydrogens (tertiary/aromatic N) is 1. The monoisotopic (exact) mass is 340 g/mol. The van der Waals surface area contributed by atoms with Crippen LogP contribution in [0.15, 0.2) is 48.8 Å². The molecule has 1 heterocycles. The van der Waals surface area contributed by atoms with E-state index in [-0.39, 0.29) is 11.8 Å². The summed E-state index contributed by atoms with van der Waals surface area (Å²) < 4.78 is 5.71. The number of hydrogen-bond donors (Lipinski definition) is 2. The van der Waals surface area contributed by atoms with Gasteiger partial charge in [0.05, 0.1) is 11.3 Å². The van der Waals surface area contributed by atoms with Gasteiger partial charge in [0.1, 0.15) is 11.5 Å². The van der Waals surface area contributed by atoms with Crippen molar-refractivity contribution in [3.05, 3.63) is 48.8 Å². The maximum atomic E-state index is 12.4. The molecule has 6 nitrogen and oxygen atoms in total. The topological polar surface area (TPSA) is 88.5 Å². The Morgan fingerprint density at radius 2 is 1.96 bits per heavy atom. The number of benzene rings is 1. The maximum Gasteiger partial charge on any atom is 0.310 e. The van der Waals surface area contributed by atoms with Crippen LogP contribution in [0, 0.1) is 17.3 Å². The van der Waals surface area contributed by atoms with E-state index in [0.29, 0.717) is 23.6 Å². The fraction of sp³-hybridized carbons (Fsp3) is 0.316. The number of carboxylic acids is 1. The average Bonchev–Trinajstić information content (AvgIpc) is 3.33. The van der Waals surface area contributed by atoms with Crippen LogP contribution in [-0.2, 0) is 9.59 Å². The van der Waals surface area contributed by atoms with E-state index in [1.165, 1.54) is 0 Å². The molecule has 6 heteroatoms. The maximum absolute atomic E-state index is 12.4. The summed E-state index contributed by atoms with van der Waals surface area (Å²) in [7, 11) is 0. The van der Waals surface area contributed by atoms with Crippen molar-refractivity contribution in [1.82, 2.24) is 4.98 Å². The van der Waals surface area contributed by atoms with Crippen LogP contribution in [0.4, 0.5) is 5.69 Å². The molecule has 25 heavy (non-hydrogen) atoms. The van der Waals surface area contributed by atoms with Crippen LogP contribution < -0.4 is 10.1 Å². The first-order valence-electron chi connectivity index (χ1n) is 8.15. The normalized spacial score (nSPS) is 21.6. The van der Waals surface area contributed by atoms with Gasteiger partial charge in [-0.25, -0.2) is 0 Å². The lowest BCUT2D eigenvalue weighted by molar-refractivity contribution is -0.147. The minimum Gasteiger partial charge on any atom is -0.481 e. The number of carbonyl (C=O) groups is 2. The quantitative estimate of drug-likeness (QED) is 0.839. The standard InChI is InChI=1S/C19H20N2O4/c1-12(2)19(18(23)24)11-16(19)17(22)21-13-4-3-5-15(10-13)25-14-6-8-20-9-7-14/h3-10,12,16H,11H2,1-2H3,(H,21,22)(H,23,24). The van der Waals surface area contributed by atoms with E-state index in [4.69, 9.17) is 4.74 Å². The Balaban J connectivity index is 1.69. The van der Waals surface area contributed by atoms with Crippen molar-refractivity contribution in [3.8, 4) is 11.5 Å². The highest BCUT2D eigenvalue weighted by atomic mass is 16.5. The minimum atomic E-state index is -0.949. The summed E-state index contributed by atoms with van der Waals surface area (Å²) in [6.45, 7) is 3.68. The largest absolute Gasteiger partial charge is 0.481 e. The van der Waals surface area contributed by atoms with Crippen LogP contribution in [-0.4, -0.2) is 22.0 Å². The van der Waals surface area contributed by atoms with E-state index in [1.54, 1.807) is 48.8 Å². The van der Waals surface area contributed by atoms with Crippen molar-refractivity contribution in [2.24, 2.45) is 17.3 Å². The smallest absolute Gasteiger partial charge is 0.310 e. The van der Waals surface area contributed by atoms with Gasteiger partial charge in [0, 0.05) is 24.1 Å². The van der Waals surface area contributed by atoms with E-state index < -0.39 is 17.3 Å². The molecule has 2 atom stereocenters. The molecule has 2 N–H and O–H groups in total. The van der Waals surface area contributed by atoms with E-state index in [1.807, 2.05) is 13.8 Å². The summed E-state index contributed by atoms with van der Waals surface area (Å²) in [4.78, 5) is 27.9. The zero-order chi connectivity index (χ0) is 18.0. The predicted molar refractivity (Wildman–Crippen MR) is 92.4 cm³/mol. The summed E-state index contributed by atoms with van der Waals surface area (Å²) in [5.74, 6) is -0.551. The summed E-state index contributed by atoms with van der Waals surface area (Å²) in [6.07, 6.45) is 3.63. The highest BCUT2D eigenvalue weighted by molar-refractivity contribution is 6.00. The summed E-state index contributed by atoms with van der Waals surface area (Å²) >= 11 is 0. The molecule has 1 fully saturated rings. The van der Waals surface area contributed by atoms with Crippen LogP contribution in [0.1, 0.15) is 20.3 Å². The number of carboxylic acid groups (broad SMARTS) is 1. The molecule has 3 rings (SSSR count). The number of amides is 1. The highest BCUT2D eigenvalue weighted by Gasteiger charge is 2.65. The molecule has 0 spiro atoms. The third-order valence-electron chi connectivity index (χ3n) is 4.74. The van der Waals surface area contributed by atoms with Gasteiger partial charge in [-0.2, -0.15) is 0 Å². The SMILES string of the molecule is CC(C)C1(C(=O)O)CC1C(=O)Nc1cccc(Oc2ccncc2)c1. The third kappa shape index (κ3) is 3.33. The van der Waals surface area contributed by atoms with Crippen LogP contribution in [0.5, 0.6) is 11.5 Å². The summed E-state index contributed by atoms with van der Waals surface area (Å²) in [6, 6.07) is 10.5. The van der Waals surface area contributed by atoms with Gasteiger partial charge < -0.3 is 15.2 Å². The van der Waals surface area contributed by atoms with Gasteiger partial charge in [0.15, 0.2) is 0 Å². The number of rotatable bonds is 6. The number of aliphatic carboxylic acids is 1. The number of carbonyl (C=O) groups excluding carboxylic acids is 1. The number of hydrogen-bond acceptors (Lipinski definition) is 4. The molecule has 0 aliphatic heterocycles. The van der Waals surface area contributed by atoms with Crippen LogP contribution in [0.3, 0.4) is 0 Å². The molecule has 0 saturated heterocycles. The Bertz CT molecular complexity index is 791. The Labute approximate surface area is 145 Å². The zero-order valence-electron chi connectivity index (χ0n) is 14.1. The lowest BCUT2D eigenvalue weighted by atomic mass is 9.89. The molecule has 2 aromatic rings. The van der Waals surface area contributed by atoms with Gasteiger partial charge in [-0.15, -0.1) is 0 Å². The molecule has 2 unspecified atom stereocenters. The number of anilines is 1. The fourth-order valence-corrected chi connectivity index (χ4v) is 3.14. The summed E-state index contributed by atoms with van der Waals surface area (Å²) in [5, 5.41) is 12.3. The molecule has 1 aliphatic carbocycles. The Morgan fingerprint density at radius 1 is 1.24 bits per heavy atom. The van der Waals surface area contributed by atoms with Gasteiger partial charge in [-0.3, -0.25) is 14.6 Å². The average molecular weight is 340 g/mol. The van der Waals surface area contributed by atoms with E-state index in [9.17, 15) is 14.7 Å². The van der Waals surface area contributed by atoms with Crippen molar-refractivity contribution >= 4 is 17.6 Å². The molecule has 0 bridgehead atoms. The molecule has 1 saturated carbocycles. The molecule has 130 valence electrons. The van der Waals surface area contributed by atoms with Crippen LogP contribution >= 0.6 is 0 Å². The molecule has 1 aromatic carbocycles. The summed E-state index contributed by atoms with van der Waals surface area (Å²) in [5.41, 5.74) is -0.374. The highest BCUT2D eigenvalue weighted by Crippen LogP contribution is 2.58. The van der Waals surface area contributed by atoms with Crippen molar-refractivity contribution in [1.29, 1.82) is 0 Å². The van der Waals surface area contributed by atoms with Crippen molar-refractivity contribution < 1.29 is 19.4 Å². The van der Waals surface area contributed by atoms with Crippen LogP contribution in [0.25, 0.3) is 0 Å². The van der Waals surface area contributed by atoms with Crippen molar-refractivity contribution in [2.45, 2.75) is 20.3 Å². The number of ether oxygens (including phenoxy) is 1. The molecule has 1 aliphatic rings. The first kappa shape index (κ1) is 17.0. The van der Waals surface area contributed by atoms with Gasteiger partial charge >= 0.3 is 5.97 Å². The minimum absolute atomic E-state index is 0.0953. The first-order chi connectivity index (χ1) is 11.9. The van der Waals surface area contributed by atoms with E-state index in [2.05, 4.69) is 10.3 Å². The second kappa shape index (κ2) is 6.55. The Morgan fingerprint density at radius 3 is 2.56 bits per heavy atom. The zero-order valence-corrected chi connectivity index (χ0v) is 14.1. The predicted octanol–water partition coefficient (Wildman–Crippen LogP) is 3.56. The first-order valence-corrected chi connectivity index (χ1v) is 8.15. The van der Waals surface area contributed by atoms with Gasteiger partial charge in [0.25, 0.3) is 0 Å². The van der Waals surface area contributed by atoms with Gasteiger partial charge in [0.2, 0.25) is 5.91 Å². The molecule has 1 amide bonds. The Kier molecular flexibility index (Phi) is 4.44. The number of pyridine rings is 1. The van der Waals surface area contributed by atoms with Crippen molar-refractivity contribution in [2.75, 3.05) is 5.32 Å². The molecule has 0 radical (unpaired) electrons. The second-order valence-electron chi connectivity index (χ2n) is 6.56.